The van der Waals surface area contributed by atoms with Crippen LogP contribution in [-0.2, 0) is 4.79 Å². The lowest BCUT2D eigenvalue weighted by Gasteiger charge is -2.38. The summed E-state index contributed by atoms with van der Waals surface area (Å²) in [5.74, 6) is -0.270. The number of alkyl halides is 3. The molecule has 0 aromatic carbocycles. The third-order valence-corrected chi connectivity index (χ3v) is 4.84. The Morgan fingerprint density at radius 3 is 2.92 bits per heavy atom. The summed E-state index contributed by atoms with van der Waals surface area (Å²) >= 11 is 0. The molecule has 0 radical (unpaired) electrons. The van der Waals surface area contributed by atoms with Gasteiger partial charge < -0.3 is 10.3 Å². The summed E-state index contributed by atoms with van der Waals surface area (Å²) in [5, 5.41) is 5.82. The molecule has 2 aromatic heterocycles. The van der Waals surface area contributed by atoms with Crippen LogP contribution in [0.25, 0.3) is 11.0 Å². The van der Waals surface area contributed by atoms with Gasteiger partial charge >= 0.3 is 6.18 Å². The second-order valence-corrected chi connectivity index (χ2v) is 6.66. The summed E-state index contributed by atoms with van der Waals surface area (Å²) in [4.78, 5) is 23.7. The predicted molar refractivity (Wildman–Crippen MR) is 88.4 cm³/mol. The van der Waals surface area contributed by atoms with E-state index in [0.29, 0.717) is 13.0 Å². The highest BCUT2D eigenvalue weighted by molar-refractivity contribution is 5.82. The molecule has 26 heavy (non-hydrogen) atoms. The second kappa shape index (κ2) is 7.20. The van der Waals surface area contributed by atoms with E-state index in [1.165, 1.54) is 6.33 Å². The number of rotatable bonds is 4. The van der Waals surface area contributed by atoms with Crippen LogP contribution in [-0.4, -0.2) is 58.2 Å². The maximum atomic E-state index is 12.3. The first-order valence-electron chi connectivity index (χ1n) is 8.49. The third kappa shape index (κ3) is 3.96. The molecule has 0 spiro atoms. The number of halogens is 3. The van der Waals surface area contributed by atoms with Crippen molar-refractivity contribution in [3.63, 3.8) is 0 Å². The first kappa shape index (κ1) is 18.6. The van der Waals surface area contributed by atoms with Gasteiger partial charge in [0.1, 0.15) is 23.9 Å². The van der Waals surface area contributed by atoms with E-state index in [2.05, 4.69) is 20.0 Å². The molecule has 3 heterocycles. The average Bonchev–Trinajstić information content (AvgIpc) is 3.07. The maximum absolute atomic E-state index is 12.3. The monoisotopic (exact) mass is 371 g/mol. The number of carbonyl (C=O) groups is 1. The van der Waals surface area contributed by atoms with Gasteiger partial charge in [-0.15, -0.1) is 5.01 Å². The van der Waals surface area contributed by atoms with Crippen LogP contribution >= 0.6 is 0 Å². The number of piperidine rings is 1. The van der Waals surface area contributed by atoms with E-state index in [0.717, 1.165) is 28.3 Å². The van der Waals surface area contributed by atoms with Gasteiger partial charge in [0.15, 0.2) is 0 Å². The summed E-state index contributed by atoms with van der Waals surface area (Å²) in [6.45, 7) is 1.12. The quantitative estimate of drug-likeness (QED) is 0.743. The first-order chi connectivity index (χ1) is 12.3. The molecule has 3 atom stereocenters. The fourth-order valence-electron chi connectivity index (χ4n) is 3.42. The summed E-state index contributed by atoms with van der Waals surface area (Å²) in [6.07, 6.45) is 0.143. The van der Waals surface area contributed by atoms with Crippen molar-refractivity contribution in [2.45, 2.75) is 32.0 Å². The maximum Gasteiger partial charge on any atom is 0.405 e. The number of carbonyl (C=O) groups excluding carboxylic acids is 1. The molecule has 1 fully saturated rings. The molecule has 1 aliphatic heterocycles. The molecule has 1 aliphatic rings. The van der Waals surface area contributed by atoms with Gasteiger partial charge in [0.2, 0.25) is 5.91 Å². The Morgan fingerprint density at radius 1 is 1.42 bits per heavy atom. The Morgan fingerprint density at radius 2 is 2.19 bits per heavy atom. The molecule has 2 aromatic rings. The van der Waals surface area contributed by atoms with Gasteiger partial charge in [0, 0.05) is 6.20 Å². The van der Waals surface area contributed by atoms with Crippen LogP contribution in [0, 0.1) is 5.92 Å². The number of nitrogens with zero attached hydrogens (tertiary/aromatic N) is 3. The highest BCUT2D eigenvalue weighted by Crippen LogP contribution is 2.22. The van der Waals surface area contributed by atoms with E-state index >= 15 is 0 Å². The van der Waals surface area contributed by atoms with Crippen molar-refractivity contribution < 1.29 is 23.0 Å². The smallest absolute Gasteiger partial charge is 0.347 e. The minimum atomic E-state index is -4.40. The van der Waals surface area contributed by atoms with Gasteiger partial charge in [-0.3, -0.25) is 4.79 Å². The normalized spacial score (nSPS) is 23.1. The first-order valence-corrected chi connectivity index (χ1v) is 8.49. The van der Waals surface area contributed by atoms with Crippen LogP contribution in [0.5, 0.6) is 0 Å². The van der Waals surface area contributed by atoms with Crippen molar-refractivity contribution in [1.82, 2.24) is 25.3 Å². The van der Waals surface area contributed by atoms with Crippen molar-refractivity contribution in [2.75, 3.05) is 20.1 Å². The Kier molecular flexibility index (Phi) is 5.15. The minimum absolute atomic E-state index is 0.172. The van der Waals surface area contributed by atoms with E-state index in [9.17, 15) is 18.0 Å². The zero-order chi connectivity index (χ0) is 18.9. The molecule has 1 amide bonds. The lowest BCUT2D eigenvalue weighted by atomic mass is 9.94. The number of quaternary nitrogens is 1. The topological polar surface area (TPSA) is 78.3 Å². The zero-order valence-corrected chi connectivity index (χ0v) is 14.6. The number of hydrogen-bond donors (Lipinski definition) is 3. The lowest BCUT2D eigenvalue weighted by molar-refractivity contribution is -0.948. The summed E-state index contributed by atoms with van der Waals surface area (Å²) in [5.41, 5.74) is 0.721. The minimum Gasteiger partial charge on any atom is -0.347 e. The van der Waals surface area contributed by atoms with Crippen LogP contribution in [0.3, 0.4) is 0 Å². The summed E-state index contributed by atoms with van der Waals surface area (Å²) in [7, 11) is 1.92. The molecule has 0 aliphatic carbocycles. The van der Waals surface area contributed by atoms with Gasteiger partial charge in [0.05, 0.1) is 25.6 Å². The molecular formula is C16H22F3N6O+. The molecule has 7 nitrogen and oxygen atoms in total. The number of aromatic amines is 1. The van der Waals surface area contributed by atoms with Crippen LogP contribution in [0.1, 0.15) is 19.8 Å². The Labute approximate surface area is 148 Å². The van der Waals surface area contributed by atoms with Gasteiger partial charge in [-0.25, -0.2) is 9.99 Å². The van der Waals surface area contributed by atoms with Crippen LogP contribution in [0.4, 0.5) is 19.0 Å². The van der Waals surface area contributed by atoms with Crippen molar-refractivity contribution >= 4 is 22.8 Å². The largest absolute Gasteiger partial charge is 0.405 e. The Balaban J connectivity index is 1.74. The molecule has 142 valence electrons. The standard InChI is InChI=1S/C16H21F3N6O/c1-10-3-4-11(15(26)21-8-16(17,18)19)7-25(10)24(2)14-12-5-6-20-13(12)22-9-23-14/h5-6,9-11H,3-4,7-8H2,1-2H3,(H,21,26)(H,20,22,23)/p+1. The number of nitrogens with one attached hydrogen (secondary N) is 3. The fourth-order valence-corrected chi connectivity index (χ4v) is 3.42. The molecule has 0 bridgehead atoms. The number of fused-ring (bicyclic) bond motifs is 1. The molecule has 3 rings (SSSR count). The van der Waals surface area contributed by atoms with E-state index in [4.69, 9.17) is 0 Å². The lowest BCUT2D eigenvalue weighted by Crippen LogP contribution is -3.13. The molecule has 3 N–H and O–H groups in total. The second-order valence-electron chi connectivity index (χ2n) is 6.66. The number of aromatic nitrogens is 3. The van der Waals surface area contributed by atoms with Crippen molar-refractivity contribution in [3.05, 3.63) is 18.6 Å². The Hall–Kier alpha value is -2.20. The number of amides is 1. The average molecular weight is 371 g/mol. The third-order valence-electron chi connectivity index (χ3n) is 4.84. The zero-order valence-electron chi connectivity index (χ0n) is 14.6. The van der Waals surface area contributed by atoms with Crippen molar-refractivity contribution in [3.8, 4) is 0 Å². The van der Waals surface area contributed by atoms with Crippen LogP contribution in [0.15, 0.2) is 18.6 Å². The van der Waals surface area contributed by atoms with E-state index in [1.807, 2.05) is 25.4 Å². The van der Waals surface area contributed by atoms with Crippen molar-refractivity contribution in [1.29, 1.82) is 0 Å². The van der Waals surface area contributed by atoms with E-state index in [1.54, 1.807) is 6.20 Å². The van der Waals surface area contributed by atoms with Crippen molar-refractivity contribution in [2.24, 2.45) is 5.92 Å². The molecule has 3 unspecified atom stereocenters. The number of H-pyrrole nitrogens is 1. The number of hydrogen-bond acceptors (Lipinski definition) is 4. The molecule has 1 saturated heterocycles. The molecular weight excluding hydrogens is 349 g/mol. The predicted octanol–water partition coefficient (Wildman–Crippen LogP) is 0.798. The van der Waals surface area contributed by atoms with Gasteiger partial charge in [-0.05, 0) is 25.8 Å². The Bertz CT molecular complexity index is 777. The van der Waals surface area contributed by atoms with E-state index < -0.39 is 24.5 Å². The van der Waals surface area contributed by atoms with Gasteiger partial charge in [-0.1, -0.05) is 0 Å². The van der Waals surface area contributed by atoms with Gasteiger partial charge in [-0.2, -0.15) is 18.2 Å². The summed E-state index contributed by atoms with van der Waals surface area (Å²) in [6, 6.07) is 2.06. The van der Waals surface area contributed by atoms with Crippen LogP contribution < -0.4 is 10.3 Å². The van der Waals surface area contributed by atoms with Crippen LogP contribution in [0.2, 0.25) is 0 Å². The fraction of sp³-hybridized carbons (Fsp3) is 0.562. The molecule has 0 saturated carbocycles. The van der Waals surface area contributed by atoms with Gasteiger partial charge in [0.25, 0.3) is 5.82 Å². The highest BCUT2D eigenvalue weighted by Gasteiger charge is 2.37. The van der Waals surface area contributed by atoms with E-state index in [-0.39, 0.29) is 6.04 Å². The summed E-state index contributed by atoms with van der Waals surface area (Å²) < 4.78 is 37.0. The highest BCUT2D eigenvalue weighted by atomic mass is 19.4. The molecule has 10 heteroatoms. The SMILES string of the molecule is CC1CCC(C(=O)NCC(F)(F)F)CN1[NH+](C)c1ncnc2[nH]ccc12.